The largest absolute Gasteiger partial charge is 0.444 e. The van der Waals surface area contributed by atoms with Crippen molar-refractivity contribution in [1.29, 1.82) is 0 Å². The van der Waals surface area contributed by atoms with Crippen molar-refractivity contribution in [3.63, 3.8) is 0 Å². The predicted octanol–water partition coefficient (Wildman–Crippen LogP) is 4.26. The van der Waals surface area contributed by atoms with Gasteiger partial charge in [0.1, 0.15) is 5.60 Å². The zero-order valence-corrected chi connectivity index (χ0v) is 15.9. The van der Waals surface area contributed by atoms with E-state index in [0.29, 0.717) is 19.6 Å². The molecule has 6 heteroatoms. The third kappa shape index (κ3) is 5.23. The number of alkyl carbamates (subject to hydrolysis) is 1. The highest BCUT2D eigenvalue weighted by molar-refractivity contribution is 5.89. The maximum Gasteiger partial charge on any atom is 0.407 e. The molecule has 0 spiro atoms. The summed E-state index contributed by atoms with van der Waals surface area (Å²) < 4.78 is 5.21. The van der Waals surface area contributed by atoms with Gasteiger partial charge in [0.2, 0.25) is 0 Å². The molecule has 0 bridgehead atoms. The van der Waals surface area contributed by atoms with Crippen LogP contribution in [-0.2, 0) is 24.4 Å². The second kappa shape index (κ2) is 7.70. The van der Waals surface area contributed by atoms with Gasteiger partial charge in [0.05, 0.1) is 0 Å². The molecule has 6 nitrogen and oxygen atoms in total. The lowest BCUT2D eigenvalue weighted by atomic mass is 10.1. The van der Waals surface area contributed by atoms with E-state index in [2.05, 4.69) is 22.8 Å². The van der Waals surface area contributed by atoms with Gasteiger partial charge in [-0.1, -0.05) is 36.4 Å². The number of nitrogens with zero attached hydrogens (tertiary/aromatic N) is 1. The maximum absolute atomic E-state index is 12.5. The highest BCUT2D eigenvalue weighted by atomic mass is 16.6. The highest BCUT2D eigenvalue weighted by Gasteiger charge is 2.22. The normalized spacial score (nSPS) is 13.1. The predicted molar refractivity (Wildman–Crippen MR) is 104 cm³/mol. The zero-order valence-electron chi connectivity index (χ0n) is 15.9. The van der Waals surface area contributed by atoms with E-state index in [0.717, 1.165) is 11.3 Å². The van der Waals surface area contributed by atoms with E-state index in [9.17, 15) is 9.59 Å². The molecule has 3 amide bonds. The van der Waals surface area contributed by atoms with E-state index in [-0.39, 0.29) is 6.03 Å². The fourth-order valence-corrected chi connectivity index (χ4v) is 2.87. The number of rotatable bonds is 3. The van der Waals surface area contributed by atoms with Crippen LogP contribution in [0, 0.1) is 0 Å². The Morgan fingerprint density at radius 2 is 1.59 bits per heavy atom. The number of nitrogens with one attached hydrogen (secondary N) is 2. The van der Waals surface area contributed by atoms with E-state index in [4.69, 9.17) is 4.74 Å². The quantitative estimate of drug-likeness (QED) is 0.851. The number of benzene rings is 2. The average molecular weight is 367 g/mol. The summed E-state index contributed by atoms with van der Waals surface area (Å²) in [6.07, 6.45) is -0.450. The molecule has 2 aromatic carbocycles. The molecule has 0 aromatic heterocycles. The number of ether oxygens (including phenoxy) is 1. The Bertz CT molecular complexity index is 800. The number of fused-ring (bicyclic) bond motifs is 1. The molecule has 3 rings (SSSR count). The Kier molecular flexibility index (Phi) is 5.35. The molecule has 0 aliphatic carbocycles. The smallest absolute Gasteiger partial charge is 0.407 e. The van der Waals surface area contributed by atoms with Crippen LogP contribution in [0.15, 0.2) is 48.5 Å². The Balaban J connectivity index is 1.49. The summed E-state index contributed by atoms with van der Waals surface area (Å²) in [7, 11) is 0. The van der Waals surface area contributed by atoms with E-state index < -0.39 is 11.7 Å². The van der Waals surface area contributed by atoms with Crippen LogP contribution in [0.4, 0.5) is 15.3 Å². The molecule has 1 aliphatic heterocycles. The van der Waals surface area contributed by atoms with Crippen LogP contribution in [-0.4, -0.2) is 22.6 Å². The van der Waals surface area contributed by atoms with Crippen LogP contribution >= 0.6 is 0 Å². The van der Waals surface area contributed by atoms with Crippen molar-refractivity contribution in [2.24, 2.45) is 0 Å². The van der Waals surface area contributed by atoms with E-state index in [1.807, 2.05) is 57.2 Å². The van der Waals surface area contributed by atoms with Gasteiger partial charge in [-0.3, -0.25) is 0 Å². The molecule has 1 aliphatic rings. The van der Waals surface area contributed by atoms with Gasteiger partial charge in [0, 0.05) is 25.3 Å². The standard InChI is InChI=1S/C21H25N3O3/c1-21(2,3)27-20(26)22-12-15-8-10-18(11-9-15)23-19(25)24-13-16-6-4-5-7-17(16)14-24/h4-11H,12-14H2,1-3H3,(H,22,26)(H,23,25). The van der Waals surface area contributed by atoms with Crippen molar-refractivity contribution in [3.8, 4) is 0 Å². The van der Waals surface area contributed by atoms with Gasteiger partial charge in [0.15, 0.2) is 0 Å². The first kappa shape index (κ1) is 18.8. The summed E-state index contributed by atoms with van der Waals surface area (Å²) in [5, 5.41) is 5.63. The SMILES string of the molecule is CC(C)(C)OC(=O)NCc1ccc(NC(=O)N2Cc3ccccc3C2)cc1. The molecule has 0 atom stereocenters. The molecular formula is C21H25N3O3. The van der Waals surface area contributed by atoms with Crippen LogP contribution in [0.3, 0.4) is 0 Å². The fourth-order valence-electron chi connectivity index (χ4n) is 2.87. The lowest BCUT2D eigenvalue weighted by Gasteiger charge is -2.19. The van der Waals surface area contributed by atoms with E-state index >= 15 is 0 Å². The lowest BCUT2D eigenvalue weighted by Crippen LogP contribution is -2.32. The van der Waals surface area contributed by atoms with Crippen molar-refractivity contribution in [3.05, 3.63) is 65.2 Å². The van der Waals surface area contributed by atoms with Crippen molar-refractivity contribution in [2.45, 2.75) is 46.0 Å². The first-order valence-electron chi connectivity index (χ1n) is 8.99. The zero-order chi connectivity index (χ0) is 19.4. The highest BCUT2D eigenvalue weighted by Crippen LogP contribution is 2.23. The topological polar surface area (TPSA) is 70.7 Å². The van der Waals surface area contributed by atoms with Gasteiger partial charge in [-0.15, -0.1) is 0 Å². The first-order valence-corrected chi connectivity index (χ1v) is 8.99. The molecular weight excluding hydrogens is 342 g/mol. The molecule has 27 heavy (non-hydrogen) atoms. The van der Waals surface area contributed by atoms with Gasteiger partial charge in [-0.2, -0.15) is 0 Å². The number of anilines is 1. The molecule has 0 fully saturated rings. The van der Waals surface area contributed by atoms with Crippen LogP contribution < -0.4 is 10.6 Å². The van der Waals surface area contributed by atoms with E-state index in [1.165, 1.54) is 11.1 Å². The average Bonchev–Trinajstić information content (AvgIpc) is 3.04. The third-order valence-electron chi connectivity index (χ3n) is 4.17. The summed E-state index contributed by atoms with van der Waals surface area (Å²) in [5.41, 5.74) is 3.50. The lowest BCUT2D eigenvalue weighted by molar-refractivity contribution is 0.0523. The monoisotopic (exact) mass is 367 g/mol. The molecule has 1 heterocycles. The Hall–Kier alpha value is -3.02. The summed E-state index contributed by atoms with van der Waals surface area (Å²) >= 11 is 0. The minimum absolute atomic E-state index is 0.120. The van der Waals surface area contributed by atoms with Gasteiger partial charge in [-0.25, -0.2) is 9.59 Å². The molecule has 0 unspecified atom stereocenters. The number of amides is 3. The number of urea groups is 1. The van der Waals surface area contributed by atoms with Crippen molar-refractivity contribution in [2.75, 3.05) is 5.32 Å². The molecule has 0 radical (unpaired) electrons. The van der Waals surface area contributed by atoms with Gasteiger partial charge < -0.3 is 20.3 Å². The number of carbonyl (C=O) groups excluding carboxylic acids is 2. The second-order valence-corrected chi connectivity index (χ2v) is 7.61. The summed E-state index contributed by atoms with van der Waals surface area (Å²) in [6, 6.07) is 15.3. The molecule has 2 N–H and O–H groups in total. The Morgan fingerprint density at radius 1 is 1.00 bits per heavy atom. The van der Waals surface area contributed by atoms with Crippen LogP contribution in [0.1, 0.15) is 37.5 Å². The molecule has 2 aromatic rings. The summed E-state index contributed by atoms with van der Waals surface area (Å²) in [5.74, 6) is 0. The Morgan fingerprint density at radius 3 is 2.15 bits per heavy atom. The maximum atomic E-state index is 12.5. The van der Waals surface area contributed by atoms with Crippen molar-refractivity contribution < 1.29 is 14.3 Å². The fraction of sp³-hybridized carbons (Fsp3) is 0.333. The van der Waals surface area contributed by atoms with Crippen molar-refractivity contribution in [1.82, 2.24) is 10.2 Å². The summed E-state index contributed by atoms with van der Waals surface area (Å²) in [6.45, 7) is 7.08. The van der Waals surface area contributed by atoms with Crippen LogP contribution in [0.25, 0.3) is 0 Å². The van der Waals surface area contributed by atoms with Gasteiger partial charge in [-0.05, 0) is 49.6 Å². The second-order valence-electron chi connectivity index (χ2n) is 7.61. The van der Waals surface area contributed by atoms with Crippen LogP contribution in [0.5, 0.6) is 0 Å². The van der Waals surface area contributed by atoms with E-state index in [1.54, 1.807) is 4.90 Å². The van der Waals surface area contributed by atoms with Gasteiger partial charge >= 0.3 is 12.1 Å². The number of carbonyl (C=O) groups is 2. The van der Waals surface area contributed by atoms with Crippen molar-refractivity contribution >= 4 is 17.8 Å². The minimum Gasteiger partial charge on any atom is -0.444 e. The minimum atomic E-state index is -0.520. The third-order valence-corrected chi connectivity index (χ3v) is 4.17. The molecule has 142 valence electrons. The summed E-state index contributed by atoms with van der Waals surface area (Å²) in [4.78, 5) is 25.9. The Labute approximate surface area is 159 Å². The number of hydrogen-bond donors (Lipinski definition) is 2. The first-order chi connectivity index (χ1) is 12.8. The van der Waals surface area contributed by atoms with Crippen LogP contribution in [0.2, 0.25) is 0 Å². The molecule has 0 saturated carbocycles. The molecule has 0 saturated heterocycles. The van der Waals surface area contributed by atoms with Gasteiger partial charge in [0.25, 0.3) is 0 Å². The number of hydrogen-bond acceptors (Lipinski definition) is 3.